The Bertz CT molecular complexity index is 796. The van der Waals surface area contributed by atoms with Crippen molar-refractivity contribution in [2.45, 2.75) is 24.4 Å². The van der Waals surface area contributed by atoms with Gasteiger partial charge < -0.3 is 19.9 Å². The summed E-state index contributed by atoms with van der Waals surface area (Å²) in [6.07, 6.45) is -1.36. The van der Waals surface area contributed by atoms with Crippen LogP contribution >= 0.6 is 0 Å². The van der Waals surface area contributed by atoms with Crippen molar-refractivity contribution in [3.05, 3.63) is 59.9 Å². The summed E-state index contributed by atoms with van der Waals surface area (Å²) in [7, 11) is 0. The van der Waals surface area contributed by atoms with E-state index in [-0.39, 0.29) is 36.6 Å². The summed E-state index contributed by atoms with van der Waals surface area (Å²) in [6, 6.07) is 13.0. The molecule has 2 aromatic carbocycles. The van der Waals surface area contributed by atoms with E-state index >= 15 is 0 Å². The minimum absolute atomic E-state index is 0.219. The van der Waals surface area contributed by atoms with E-state index in [1.807, 2.05) is 6.07 Å². The number of ether oxygens (including phenoxy) is 2. The first-order valence-electron chi connectivity index (χ1n) is 8.20. The fourth-order valence-corrected chi connectivity index (χ4v) is 3.36. The number of aliphatic hydroxyl groups excluding tert-OH is 1. The van der Waals surface area contributed by atoms with Crippen LogP contribution in [-0.4, -0.2) is 48.6 Å². The van der Waals surface area contributed by atoms with Gasteiger partial charge in [0.25, 0.3) is 5.91 Å². The van der Waals surface area contributed by atoms with Crippen LogP contribution in [0.5, 0.6) is 0 Å². The summed E-state index contributed by atoms with van der Waals surface area (Å²) >= 11 is 0. The summed E-state index contributed by atoms with van der Waals surface area (Å²) in [6.45, 7) is 0.526. The smallest absolute Gasteiger partial charge is 0.251 e. The summed E-state index contributed by atoms with van der Waals surface area (Å²) in [5, 5.41) is 12.7. The van der Waals surface area contributed by atoms with Gasteiger partial charge >= 0.3 is 0 Å². The number of carbonyl (C=O) groups excluding carboxylic acids is 1. The monoisotopic (exact) mass is 343 g/mol. The van der Waals surface area contributed by atoms with E-state index in [2.05, 4.69) is 5.32 Å². The van der Waals surface area contributed by atoms with Crippen LogP contribution in [0.25, 0.3) is 11.1 Å². The maximum Gasteiger partial charge on any atom is 0.251 e. The van der Waals surface area contributed by atoms with Gasteiger partial charge in [-0.15, -0.1) is 0 Å². The van der Waals surface area contributed by atoms with Crippen molar-refractivity contribution in [1.29, 1.82) is 0 Å². The van der Waals surface area contributed by atoms with Crippen molar-refractivity contribution < 1.29 is 23.8 Å². The van der Waals surface area contributed by atoms with Gasteiger partial charge in [-0.2, -0.15) is 0 Å². The standard InChI is InChI=1S/C19H18FNO4/c20-14-6-2-4-12(8-14)11-3-1-5-13(7-11)19(23)21-15-9-24-18-16(22)10-25-17(15)18/h1-8,15-18,22H,9-10H2,(H,21,23)/t15-,16-,17-,18-/m1/s1. The fourth-order valence-electron chi connectivity index (χ4n) is 3.36. The molecule has 0 spiro atoms. The summed E-state index contributed by atoms with van der Waals surface area (Å²) < 4.78 is 24.4. The van der Waals surface area contributed by atoms with Crippen molar-refractivity contribution >= 4 is 5.91 Å². The highest BCUT2D eigenvalue weighted by molar-refractivity contribution is 5.95. The molecule has 0 unspecified atom stereocenters. The first-order valence-corrected chi connectivity index (χ1v) is 8.20. The van der Waals surface area contributed by atoms with E-state index in [0.717, 1.165) is 5.56 Å². The highest BCUT2D eigenvalue weighted by atomic mass is 19.1. The van der Waals surface area contributed by atoms with Gasteiger partial charge in [0.2, 0.25) is 0 Å². The minimum Gasteiger partial charge on any atom is -0.388 e. The highest BCUT2D eigenvalue weighted by Gasteiger charge is 2.47. The molecule has 4 rings (SSSR count). The Balaban J connectivity index is 1.50. The van der Waals surface area contributed by atoms with Crippen LogP contribution < -0.4 is 5.32 Å². The largest absolute Gasteiger partial charge is 0.388 e. The SMILES string of the molecule is O=C(N[C@@H]1CO[C@H]2[C@@H]1OC[C@H]2O)c1cccc(-c2cccc(F)c2)c1. The number of nitrogens with one attached hydrogen (secondary N) is 1. The number of aliphatic hydroxyl groups is 1. The van der Waals surface area contributed by atoms with E-state index in [0.29, 0.717) is 17.7 Å². The molecule has 5 nitrogen and oxygen atoms in total. The molecule has 4 atom stereocenters. The number of carbonyl (C=O) groups is 1. The zero-order valence-corrected chi connectivity index (χ0v) is 13.4. The molecule has 25 heavy (non-hydrogen) atoms. The van der Waals surface area contributed by atoms with E-state index in [4.69, 9.17) is 9.47 Å². The van der Waals surface area contributed by atoms with Crippen LogP contribution in [0.1, 0.15) is 10.4 Å². The van der Waals surface area contributed by atoms with E-state index < -0.39 is 6.10 Å². The number of hydrogen-bond acceptors (Lipinski definition) is 4. The molecule has 6 heteroatoms. The number of benzene rings is 2. The summed E-state index contributed by atoms with van der Waals surface area (Å²) in [4.78, 5) is 12.6. The molecule has 0 saturated carbocycles. The lowest BCUT2D eigenvalue weighted by Gasteiger charge is -2.17. The Labute approximate surface area is 144 Å². The molecule has 2 N–H and O–H groups in total. The van der Waals surface area contributed by atoms with Crippen LogP contribution in [0.2, 0.25) is 0 Å². The summed E-state index contributed by atoms with van der Waals surface area (Å²) in [5.41, 5.74) is 1.95. The molecule has 0 radical (unpaired) electrons. The number of amides is 1. The molecule has 1 amide bonds. The van der Waals surface area contributed by atoms with Crippen LogP contribution in [-0.2, 0) is 9.47 Å². The van der Waals surface area contributed by atoms with Gasteiger partial charge in [0, 0.05) is 5.56 Å². The number of fused-ring (bicyclic) bond motifs is 1. The molecular weight excluding hydrogens is 325 g/mol. The molecule has 0 aliphatic carbocycles. The third-order valence-corrected chi connectivity index (χ3v) is 4.63. The number of rotatable bonds is 3. The van der Waals surface area contributed by atoms with Crippen LogP contribution in [0.4, 0.5) is 4.39 Å². The molecule has 2 aliphatic heterocycles. The second-order valence-corrected chi connectivity index (χ2v) is 6.33. The molecule has 130 valence electrons. The third-order valence-electron chi connectivity index (χ3n) is 4.63. The average Bonchev–Trinajstić information content (AvgIpc) is 3.19. The number of hydrogen-bond donors (Lipinski definition) is 2. The van der Waals surface area contributed by atoms with Gasteiger partial charge in [0.05, 0.1) is 19.3 Å². The van der Waals surface area contributed by atoms with E-state index in [1.54, 1.807) is 30.3 Å². The maximum atomic E-state index is 13.4. The van der Waals surface area contributed by atoms with Crippen LogP contribution in [0, 0.1) is 5.82 Å². The zero-order chi connectivity index (χ0) is 17.4. The molecule has 2 fully saturated rings. The Morgan fingerprint density at radius 2 is 1.76 bits per heavy atom. The molecule has 0 bridgehead atoms. The molecular formula is C19H18FNO4. The Hall–Kier alpha value is -2.28. The highest BCUT2D eigenvalue weighted by Crippen LogP contribution is 2.27. The topological polar surface area (TPSA) is 67.8 Å². The molecule has 0 aromatic heterocycles. The molecule has 2 aliphatic rings. The summed E-state index contributed by atoms with van der Waals surface area (Å²) in [5.74, 6) is -0.573. The Morgan fingerprint density at radius 3 is 2.56 bits per heavy atom. The first-order chi connectivity index (χ1) is 12.1. The van der Waals surface area contributed by atoms with Crippen molar-refractivity contribution in [2.24, 2.45) is 0 Å². The van der Waals surface area contributed by atoms with Gasteiger partial charge in [-0.05, 0) is 35.4 Å². The quantitative estimate of drug-likeness (QED) is 0.891. The minimum atomic E-state index is -0.650. The Kier molecular flexibility index (Phi) is 4.25. The first kappa shape index (κ1) is 16.2. The maximum absolute atomic E-state index is 13.4. The Morgan fingerprint density at radius 1 is 1.04 bits per heavy atom. The second-order valence-electron chi connectivity index (χ2n) is 6.33. The molecule has 2 saturated heterocycles. The van der Waals surface area contributed by atoms with Crippen molar-refractivity contribution in [3.8, 4) is 11.1 Å². The third kappa shape index (κ3) is 3.16. The van der Waals surface area contributed by atoms with Crippen LogP contribution in [0.3, 0.4) is 0 Å². The lowest BCUT2D eigenvalue weighted by atomic mass is 10.0. The average molecular weight is 343 g/mol. The van der Waals surface area contributed by atoms with Gasteiger partial charge in [-0.25, -0.2) is 4.39 Å². The van der Waals surface area contributed by atoms with Crippen molar-refractivity contribution in [2.75, 3.05) is 13.2 Å². The molecule has 2 aromatic rings. The second kappa shape index (κ2) is 6.55. The van der Waals surface area contributed by atoms with Gasteiger partial charge in [0.15, 0.2) is 0 Å². The molecule has 2 heterocycles. The predicted octanol–water partition coefficient (Wildman–Crippen LogP) is 1.75. The van der Waals surface area contributed by atoms with Gasteiger partial charge in [0.1, 0.15) is 24.1 Å². The fraction of sp³-hybridized carbons (Fsp3) is 0.316. The number of halogens is 1. The van der Waals surface area contributed by atoms with Crippen molar-refractivity contribution in [3.63, 3.8) is 0 Å². The lowest BCUT2D eigenvalue weighted by Crippen LogP contribution is -2.44. The van der Waals surface area contributed by atoms with Gasteiger partial charge in [-0.1, -0.05) is 24.3 Å². The van der Waals surface area contributed by atoms with E-state index in [1.165, 1.54) is 12.1 Å². The van der Waals surface area contributed by atoms with Gasteiger partial charge in [-0.3, -0.25) is 4.79 Å². The van der Waals surface area contributed by atoms with Crippen molar-refractivity contribution in [1.82, 2.24) is 5.32 Å². The normalized spacial score (nSPS) is 27.9. The zero-order valence-electron chi connectivity index (χ0n) is 13.4. The lowest BCUT2D eigenvalue weighted by molar-refractivity contribution is 0.0178. The van der Waals surface area contributed by atoms with E-state index in [9.17, 15) is 14.3 Å². The predicted molar refractivity (Wildman–Crippen MR) is 88.6 cm³/mol. The van der Waals surface area contributed by atoms with Crippen LogP contribution in [0.15, 0.2) is 48.5 Å².